The average molecular weight is 501 g/mol. The summed E-state index contributed by atoms with van der Waals surface area (Å²) in [5.74, 6) is 0.150. The lowest BCUT2D eigenvalue weighted by atomic mass is 10.0. The highest BCUT2D eigenvalue weighted by Gasteiger charge is 2.30. The highest BCUT2D eigenvalue weighted by molar-refractivity contribution is 7.15. The molecule has 0 unspecified atom stereocenters. The Morgan fingerprint density at radius 3 is 2.34 bits per heavy atom. The maximum Gasteiger partial charge on any atom is 0.255 e. The van der Waals surface area contributed by atoms with Gasteiger partial charge in [0.25, 0.3) is 5.91 Å². The quantitative estimate of drug-likeness (QED) is 0.315. The summed E-state index contributed by atoms with van der Waals surface area (Å²) in [6.45, 7) is 6.30. The molecular formula is C26H24N6OS2. The highest BCUT2D eigenvalue weighted by atomic mass is 32.1. The number of hydrogen-bond acceptors (Lipinski definition) is 8. The van der Waals surface area contributed by atoms with E-state index in [1.54, 1.807) is 11.3 Å². The Kier molecular flexibility index (Phi) is 6.52. The van der Waals surface area contributed by atoms with E-state index in [9.17, 15) is 4.79 Å². The fourth-order valence-electron chi connectivity index (χ4n) is 3.79. The van der Waals surface area contributed by atoms with Crippen LogP contribution in [0.2, 0.25) is 0 Å². The molecule has 1 aliphatic heterocycles. The zero-order valence-corrected chi connectivity index (χ0v) is 21.2. The molecule has 7 nitrogen and oxygen atoms in total. The minimum atomic E-state index is -0.183. The number of hydrogen-bond donors (Lipinski definition) is 1. The van der Waals surface area contributed by atoms with Crippen molar-refractivity contribution < 1.29 is 4.79 Å². The van der Waals surface area contributed by atoms with Gasteiger partial charge in [-0.05, 0) is 12.8 Å². The first-order valence-electron chi connectivity index (χ1n) is 11.3. The number of carbonyl (C=O) groups excluding carboxylic acids is 1. The van der Waals surface area contributed by atoms with Gasteiger partial charge < -0.3 is 0 Å². The van der Waals surface area contributed by atoms with E-state index >= 15 is 0 Å². The molecule has 0 atom stereocenters. The summed E-state index contributed by atoms with van der Waals surface area (Å²) in [5.41, 5.74) is 8.00. The molecule has 2 aromatic heterocycles. The molecule has 0 aliphatic carbocycles. The number of nitrogens with zero attached hydrogens (tertiary/aromatic N) is 5. The lowest BCUT2D eigenvalue weighted by Crippen LogP contribution is -2.38. The van der Waals surface area contributed by atoms with Crippen LogP contribution in [0.25, 0.3) is 11.3 Å². The molecule has 1 N–H and O–H groups in total. The van der Waals surface area contributed by atoms with E-state index in [4.69, 9.17) is 5.10 Å². The number of nitrogens with one attached hydrogen (secondary N) is 1. The SMILES string of the molecule is Cc1sc(N/N=C2\CC(=O)N(c3nc(-c4ccccc4)cs3)N=C2c2ccccc2)nc1C(C)C. The van der Waals surface area contributed by atoms with E-state index in [2.05, 4.69) is 41.3 Å². The molecule has 0 saturated heterocycles. The number of aryl methyl sites for hydroxylation is 1. The van der Waals surface area contributed by atoms with Crippen molar-refractivity contribution in [2.45, 2.75) is 33.1 Å². The topological polar surface area (TPSA) is 82.8 Å². The van der Waals surface area contributed by atoms with Crippen LogP contribution in [0, 0.1) is 6.92 Å². The molecule has 5 rings (SSSR count). The van der Waals surface area contributed by atoms with E-state index in [0.29, 0.717) is 27.6 Å². The van der Waals surface area contributed by atoms with Crippen LogP contribution in [0.1, 0.15) is 42.3 Å². The molecule has 3 heterocycles. The van der Waals surface area contributed by atoms with Crippen LogP contribution in [0.15, 0.2) is 76.2 Å². The van der Waals surface area contributed by atoms with E-state index in [-0.39, 0.29) is 12.3 Å². The van der Waals surface area contributed by atoms with E-state index in [1.807, 2.05) is 66.0 Å². The van der Waals surface area contributed by atoms with Crippen molar-refractivity contribution in [1.29, 1.82) is 0 Å². The van der Waals surface area contributed by atoms with Crippen LogP contribution in [-0.4, -0.2) is 27.3 Å². The van der Waals surface area contributed by atoms with Gasteiger partial charge in [-0.15, -0.1) is 22.7 Å². The third kappa shape index (κ3) is 4.91. The van der Waals surface area contributed by atoms with Crippen molar-refractivity contribution in [3.63, 3.8) is 0 Å². The molecule has 2 aromatic carbocycles. The van der Waals surface area contributed by atoms with E-state index < -0.39 is 0 Å². The summed E-state index contributed by atoms with van der Waals surface area (Å²) in [5, 5.41) is 13.9. The monoisotopic (exact) mass is 500 g/mol. The molecule has 0 bridgehead atoms. The number of thiazole rings is 2. The standard InChI is InChI=1S/C26H24N6OS2/c1-16(2)23-17(3)35-25(28-23)30-29-20-14-22(33)32(31-24(20)19-12-8-5-9-13-19)26-27-21(15-34-26)18-10-6-4-7-11-18/h4-13,15-16H,14H2,1-3H3,(H,28,30)/b29-20+. The molecule has 0 fully saturated rings. The van der Waals surface area contributed by atoms with Gasteiger partial charge in [0, 0.05) is 21.4 Å². The van der Waals surface area contributed by atoms with Gasteiger partial charge >= 0.3 is 0 Å². The lowest BCUT2D eigenvalue weighted by molar-refractivity contribution is -0.117. The number of anilines is 2. The van der Waals surface area contributed by atoms with Crippen molar-refractivity contribution in [1.82, 2.24) is 9.97 Å². The van der Waals surface area contributed by atoms with Crippen LogP contribution in [-0.2, 0) is 4.79 Å². The normalized spacial score (nSPS) is 15.1. The number of aromatic nitrogens is 2. The Hall–Kier alpha value is -3.69. The van der Waals surface area contributed by atoms with Gasteiger partial charge in [0.2, 0.25) is 10.3 Å². The zero-order valence-electron chi connectivity index (χ0n) is 19.6. The molecule has 4 aromatic rings. The fourth-order valence-corrected chi connectivity index (χ4v) is 5.50. The predicted molar refractivity (Wildman–Crippen MR) is 145 cm³/mol. The second kappa shape index (κ2) is 9.89. The Balaban J connectivity index is 1.49. The summed E-state index contributed by atoms with van der Waals surface area (Å²) >= 11 is 2.95. The third-order valence-electron chi connectivity index (χ3n) is 5.48. The van der Waals surface area contributed by atoms with Crippen LogP contribution < -0.4 is 10.4 Å². The summed E-state index contributed by atoms with van der Waals surface area (Å²) in [6, 6.07) is 19.7. The first-order valence-corrected chi connectivity index (χ1v) is 13.0. The fraction of sp³-hybridized carbons (Fsp3) is 0.192. The van der Waals surface area contributed by atoms with E-state index in [1.165, 1.54) is 16.3 Å². The van der Waals surface area contributed by atoms with Gasteiger partial charge in [-0.3, -0.25) is 10.2 Å². The molecule has 1 aliphatic rings. The number of rotatable bonds is 6. The smallest absolute Gasteiger partial charge is 0.255 e. The minimum absolute atomic E-state index is 0.0996. The predicted octanol–water partition coefficient (Wildman–Crippen LogP) is 6.31. The van der Waals surface area contributed by atoms with Gasteiger partial charge in [-0.25, -0.2) is 9.97 Å². The van der Waals surface area contributed by atoms with Gasteiger partial charge in [0.15, 0.2) is 0 Å². The zero-order chi connectivity index (χ0) is 24.4. The highest BCUT2D eigenvalue weighted by Crippen LogP contribution is 2.30. The van der Waals surface area contributed by atoms with Crippen LogP contribution >= 0.6 is 22.7 Å². The Labute approximate surface area is 211 Å². The lowest BCUT2D eigenvalue weighted by Gasteiger charge is -2.22. The number of benzene rings is 2. The second-order valence-electron chi connectivity index (χ2n) is 8.36. The largest absolute Gasteiger partial charge is 0.272 e. The summed E-state index contributed by atoms with van der Waals surface area (Å²) < 4.78 is 0. The van der Waals surface area contributed by atoms with Crippen molar-refractivity contribution in [2.24, 2.45) is 10.2 Å². The summed E-state index contributed by atoms with van der Waals surface area (Å²) in [7, 11) is 0. The maximum absolute atomic E-state index is 13.2. The first-order chi connectivity index (χ1) is 17.0. The molecule has 0 saturated carbocycles. The second-order valence-corrected chi connectivity index (χ2v) is 10.4. The Bertz CT molecular complexity index is 1410. The molecule has 9 heteroatoms. The molecule has 1 amide bonds. The summed E-state index contributed by atoms with van der Waals surface area (Å²) in [6.07, 6.45) is 0.0996. The van der Waals surface area contributed by atoms with Crippen molar-refractivity contribution in [3.05, 3.63) is 82.2 Å². The molecule has 0 spiro atoms. The number of carbonyl (C=O) groups is 1. The molecular weight excluding hydrogens is 476 g/mol. The van der Waals surface area contributed by atoms with Crippen molar-refractivity contribution >= 4 is 50.3 Å². The Morgan fingerprint density at radius 1 is 1.00 bits per heavy atom. The molecule has 176 valence electrons. The average Bonchev–Trinajstić information content (AvgIpc) is 3.51. The van der Waals surface area contributed by atoms with Gasteiger partial charge in [-0.2, -0.15) is 15.2 Å². The maximum atomic E-state index is 13.2. The number of amides is 1. The summed E-state index contributed by atoms with van der Waals surface area (Å²) in [4.78, 5) is 23.7. The Morgan fingerprint density at radius 2 is 1.69 bits per heavy atom. The minimum Gasteiger partial charge on any atom is -0.272 e. The van der Waals surface area contributed by atoms with Crippen LogP contribution in [0.3, 0.4) is 0 Å². The number of hydrazone groups is 2. The van der Waals surface area contributed by atoms with Gasteiger partial charge in [0.1, 0.15) is 5.71 Å². The van der Waals surface area contributed by atoms with E-state index in [0.717, 1.165) is 27.4 Å². The van der Waals surface area contributed by atoms with Crippen LogP contribution in [0.4, 0.5) is 10.3 Å². The van der Waals surface area contributed by atoms with Gasteiger partial charge in [-0.1, -0.05) is 74.5 Å². The van der Waals surface area contributed by atoms with Crippen LogP contribution in [0.5, 0.6) is 0 Å². The van der Waals surface area contributed by atoms with Crippen molar-refractivity contribution in [3.8, 4) is 11.3 Å². The first kappa shape index (κ1) is 23.1. The molecule has 0 radical (unpaired) electrons. The van der Waals surface area contributed by atoms with Gasteiger partial charge in [0.05, 0.1) is 23.5 Å². The van der Waals surface area contributed by atoms with Crippen molar-refractivity contribution in [2.75, 3.05) is 10.4 Å². The third-order valence-corrected chi connectivity index (χ3v) is 7.19. The molecule has 35 heavy (non-hydrogen) atoms.